The predicted octanol–water partition coefficient (Wildman–Crippen LogP) is 4.88. The molecule has 1 N–H and O–H groups in total. The van der Waals surface area contributed by atoms with Crippen molar-refractivity contribution in [2.75, 3.05) is 38.7 Å². The monoisotopic (exact) mass is 538 g/mol. The van der Waals surface area contributed by atoms with Crippen LogP contribution in [0.15, 0.2) is 61.1 Å². The van der Waals surface area contributed by atoms with E-state index in [-0.39, 0.29) is 17.5 Å². The van der Waals surface area contributed by atoms with Crippen molar-refractivity contribution in [1.29, 1.82) is 0 Å². The Balaban J connectivity index is 1.50. The third-order valence-electron chi connectivity index (χ3n) is 6.18. The fourth-order valence-electron chi connectivity index (χ4n) is 4.17. The second-order valence-corrected chi connectivity index (χ2v) is 8.88. The third-order valence-corrected chi connectivity index (χ3v) is 6.18. The van der Waals surface area contributed by atoms with Crippen LogP contribution in [0.3, 0.4) is 0 Å². The van der Waals surface area contributed by atoms with E-state index in [0.29, 0.717) is 49.0 Å². The lowest BCUT2D eigenvalue weighted by Gasteiger charge is -2.26. The zero-order chi connectivity index (χ0) is 27.6. The first kappa shape index (κ1) is 26.2. The molecular weight excluding hydrogens is 513 g/mol. The van der Waals surface area contributed by atoms with Crippen LogP contribution in [0.5, 0.6) is 5.75 Å². The van der Waals surface area contributed by atoms with Crippen LogP contribution in [-0.4, -0.2) is 63.7 Å². The van der Waals surface area contributed by atoms with Gasteiger partial charge in [0.25, 0.3) is 5.91 Å². The molecular formula is C27H25F3N6O3. The highest BCUT2D eigenvalue weighted by molar-refractivity contribution is 5.94. The first-order valence-electron chi connectivity index (χ1n) is 12.1. The Labute approximate surface area is 222 Å². The number of hydrogen-bond acceptors (Lipinski definition) is 7. The first-order valence-corrected chi connectivity index (χ1v) is 12.1. The van der Waals surface area contributed by atoms with Crippen molar-refractivity contribution in [3.05, 3.63) is 78.0 Å². The summed E-state index contributed by atoms with van der Waals surface area (Å²) in [7, 11) is 1.55. The molecule has 0 radical (unpaired) electrons. The molecule has 0 aliphatic carbocycles. The normalized spacial score (nSPS) is 13.8. The van der Waals surface area contributed by atoms with Crippen molar-refractivity contribution in [3.63, 3.8) is 0 Å². The summed E-state index contributed by atoms with van der Waals surface area (Å²) in [6.45, 7) is 3.53. The molecule has 0 spiro atoms. The Bertz CT molecular complexity index is 1480. The van der Waals surface area contributed by atoms with Gasteiger partial charge < -0.3 is 24.3 Å². The number of anilines is 2. The van der Waals surface area contributed by atoms with Crippen LogP contribution in [0.4, 0.5) is 24.8 Å². The van der Waals surface area contributed by atoms with Crippen LogP contribution >= 0.6 is 0 Å². The number of imidazole rings is 1. The number of aryl methyl sites for hydroxylation is 1. The minimum absolute atomic E-state index is 0.109. The number of benzene rings is 2. The SMILES string of the molecule is COc1cc(Nc2nc(C(=O)N3CCOCC3)cc(-c3ccc(C(F)(F)F)cc3)n2)ccc1-n1cnc(C)c1. The van der Waals surface area contributed by atoms with Gasteiger partial charge in [0.1, 0.15) is 11.4 Å². The van der Waals surface area contributed by atoms with E-state index in [9.17, 15) is 18.0 Å². The van der Waals surface area contributed by atoms with Gasteiger partial charge in [-0.1, -0.05) is 12.1 Å². The Morgan fingerprint density at radius 3 is 2.44 bits per heavy atom. The van der Waals surface area contributed by atoms with Crippen molar-refractivity contribution in [2.45, 2.75) is 13.1 Å². The van der Waals surface area contributed by atoms with Gasteiger partial charge >= 0.3 is 6.18 Å². The number of nitrogens with one attached hydrogen (secondary N) is 1. The number of aromatic nitrogens is 4. The predicted molar refractivity (Wildman–Crippen MR) is 137 cm³/mol. The molecule has 202 valence electrons. The molecule has 1 amide bonds. The molecule has 0 bridgehead atoms. The van der Waals surface area contributed by atoms with E-state index in [1.165, 1.54) is 18.2 Å². The largest absolute Gasteiger partial charge is 0.494 e. The van der Waals surface area contributed by atoms with E-state index in [1.54, 1.807) is 30.5 Å². The summed E-state index contributed by atoms with van der Waals surface area (Å²) in [6.07, 6.45) is -0.916. The number of methoxy groups -OCH3 is 1. The molecule has 1 fully saturated rings. The van der Waals surface area contributed by atoms with Gasteiger partial charge in [0.05, 0.1) is 49.3 Å². The van der Waals surface area contributed by atoms with Gasteiger partial charge in [0.15, 0.2) is 0 Å². The smallest absolute Gasteiger partial charge is 0.416 e. The highest BCUT2D eigenvalue weighted by Crippen LogP contribution is 2.32. The molecule has 1 aliphatic heterocycles. The maximum absolute atomic E-state index is 13.3. The standard InChI is InChI=1S/C27H25F3N6O3/c1-17-15-36(16-31-17)23-8-7-20(13-24(23)38-2)32-26-33-21(18-3-5-19(6-4-18)27(28,29)30)14-22(34-26)25(37)35-9-11-39-12-10-35/h3-8,13-16H,9-12H2,1-2H3,(H,32,33,34). The van der Waals surface area contributed by atoms with Gasteiger partial charge in [0.2, 0.25) is 5.95 Å². The van der Waals surface area contributed by atoms with Crippen molar-refractivity contribution >= 4 is 17.5 Å². The molecule has 39 heavy (non-hydrogen) atoms. The van der Waals surface area contributed by atoms with Crippen molar-refractivity contribution in [2.24, 2.45) is 0 Å². The number of hydrogen-bond donors (Lipinski definition) is 1. The summed E-state index contributed by atoms with van der Waals surface area (Å²) in [5, 5.41) is 3.10. The van der Waals surface area contributed by atoms with E-state index in [4.69, 9.17) is 9.47 Å². The van der Waals surface area contributed by atoms with Crippen LogP contribution in [-0.2, 0) is 10.9 Å². The van der Waals surface area contributed by atoms with Crippen LogP contribution < -0.4 is 10.1 Å². The highest BCUT2D eigenvalue weighted by Gasteiger charge is 2.30. The summed E-state index contributed by atoms with van der Waals surface area (Å²) in [4.78, 5) is 28.1. The second kappa shape index (κ2) is 10.7. The van der Waals surface area contributed by atoms with E-state index in [2.05, 4.69) is 20.3 Å². The molecule has 0 saturated carbocycles. The number of morpholine rings is 1. The fourth-order valence-corrected chi connectivity index (χ4v) is 4.17. The summed E-state index contributed by atoms with van der Waals surface area (Å²) < 4.78 is 52.0. The van der Waals surface area contributed by atoms with Gasteiger partial charge in [-0.25, -0.2) is 15.0 Å². The Morgan fingerprint density at radius 2 is 1.79 bits per heavy atom. The third kappa shape index (κ3) is 5.85. The number of amides is 1. The first-order chi connectivity index (χ1) is 18.7. The lowest BCUT2D eigenvalue weighted by atomic mass is 10.1. The maximum Gasteiger partial charge on any atom is 0.416 e. The van der Waals surface area contributed by atoms with Crippen LogP contribution in [0.1, 0.15) is 21.7 Å². The van der Waals surface area contributed by atoms with Gasteiger partial charge in [-0.3, -0.25) is 4.79 Å². The van der Waals surface area contributed by atoms with E-state index >= 15 is 0 Å². The number of rotatable bonds is 6. The average molecular weight is 539 g/mol. The Morgan fingerprint density at radius 1 is 1.05 bits per heavy atom. The number of nitrogens with zero attached hydrogens (tertiary/aromatic N) is 5. The molecule has 9 nitrogen and oxygen atoms in total. The van der Waals surface area contributed by atoms with Gasteiger partial charge in [-0.2, -0.15) is 13.2 Å². The maximum atomic E-state index is 13.3. The fraction of sp³-hybridized carbons (Fsp3) is 0.259. The molecule has 2 aromatic heterocycles. The number of halogens is 3. The van der Waals surface area contributed by atoms with Gasteiger partial charge in [-0.05, 0) is 37.3 Å². The molecule has 2 aromatic carbocycles. The molecule has 4 aromatic rings. The Kier molecular flexibility index (Phi) is 7.20. The minimum atomic E-state index is -4.46. The molecule has 1 saturated heterocycles. The van der Waals surface area contributed by atoms with Crippen LogP contribution in [0.25, 0.3) is 16.9 Å². The zero-order valence-electron chi connectivity index (χ0n) is 21.2. The lowest BCUT2D eigenvalue weighted by Crippen LogP contribution is -2.41. The second-order valence-electron chi connectivity index (χ2n) is 8.88. The summed E-state index contributed by atoms with van der Waals surface area (Å²) in [6, 6.07) is 11.5. The number of ether oxygens (including phenoxy) is 2. The van der Waals surface area contributed by atoms with E-state index in [0.717, 1.165) is 23.5 Å². The quantitative estimate of drug-likeness (QED) is 0.374. The summed E-state index contributed by atoms with van der Waals surface area (Å²) in [5.41, 5.74) is 2.26. The topological polar surface area (TPSA) is 94.4 Å². The number of alkyl halides is 3. The summed E-state index contributed by atoms with van der Waals surface area (Å²) in [5.74, 6) is 0.346. The highest BCUT2D eigenvalue weighted by atomic mass is 19.4. The molecule has 0 unspecified atom stereocenters. The van der Waals surface area contributed by atoms with Gasteiger partial charge in [-0.15, -0.1) is 0 Å². The molecule has 12 heteroatoms. The van der Waals surface area contributed by atoms with Crippen LogP contribution in [0.2, 0.25) is 0 Å². The molecule has 0 atom stereocenters. The molecule has 3 heterocycles. The molecule has 5 rings (SSSR count). The Hall–Kier alpha value is -4.45. The van der Waals surface area contributed by atoms with E-state index < -0.39 is 11.7 Å². The average Bonchev–Trinajstić information content (AvgIpc) is 3.38. The minimum Gasteiger partial charge on any atom is -0.494 e. The van der Waals surface area contributed by atoms with E-state index in [1.807, 2.05) is 23.8 Å². The lowest BCUT2D eigenvalue weighted by molar-refractivity contribution is -0.137. The zero-order valence-corrected chi connectivity index (χ0v) is 21.2. The van der Waals surface area contributed by atoms with Crippen molar-refractivity contribution < 1.29 is 27.4 Å². The van der Waals surface area contributed by atoms with Gasteiger partial charge in [0, 0.05) is 36.6 Å². The van der Waals surface area contributed by atoms with Crippen LogP contribution in [0, 0.1) is 6.92 Å². The number of carbonyl (C=O) groups is 1. The molecule has 1 aliphatic rings. The number of carbonyl (C=O) groups excluding carboxylic acids is 1. The summed E-state index contributed by atoms with van der Waals surface area (Å²) >= 11 is 0. The van der Waals surface area contributed by atoms with Crippen molar-refractivity contribution in [3.8, 4) is 22.7 Å². The van der Waals surface area contributed by atoms with Crippen molar-refractivity contribution in [1.82, 2.24) is 24.4 Å².